The summed E-state index contributed by atoms with van der Waals surface area (Å²) in [6.45, 7) is 0. The number of nitrogens with zero attached hydrogens (tertiary/aromatic N) is 3. The van der Waals surface area contributed by atoms with E-state index in [0.29, 0.717) is 16.1 Å². The predicted molar refractivity (Wildman–Crippen MR) is 107 cm³/mol. The molecular formula is C20H15N3O4S. The lowest BCUT2D eigenvalue weighted by Gasteiger charge is -2.02. The van der Waals surface area contributed by atoms with Crippen molar-refractivity contribution in [3.05, 3.63) is 68.5 Å². The van der Waals surface area contributed by atoms with Gasteiger partial charge in [0.05, 0.1) is 30.4 Å². The molecule has 7 nitrogen and oxygen atoms in total. The van der Waals surface area contributed by atoms with Gasteiger partial charge < -0.3 is 9.47 Å². The zero-order valence-corrected chi connectivity index (χ0v) is 15.9. The van der Waals surface area contributed by atoms with Crippen molar-refractivity contribution in [2.75, 3.05) is 14.2 Å². The van der Waals surface area contributed by atoms with Crippen LogP contribution >= 0.6 is 11.3 Å². The highest BCUT2D eigenvalue weighted by molar-refractivity contribution is 7.11. The van der Waals surface area contributed by atoms with Gasteiger partial charge >= 0.3 is 5.69 Å². The maximum Gasteiger partial charge on any atom is 0.311 e. The van der Waals surface area contributed by atoms with E-state index in [9.17, 15) is 15.4 Å². The highest BCUT2D eigenvalue weighted by atomic mass is 32.1. The van der Waals surface area contributed by atoms with E-state index in [1.165, 1.54) is 30.6 Å². The van der Waals surface area contributed by atoms with Crippen molar-refractivity contribution in [1.82, 2.24) is 4.98 Å². The smallest absolute Gasteiger partial charge is 0.311 e. The van der Waals surface area contributed by atoms with Crippen LogP contribution in [0, 0.1) is 21.4 Å². The Balaban J connectivity index is 1.94. The number of hydrogen-bond donors (Lipinski definition) is 0. The summed E-state index contributed by atoms with van der Waals surface area (Å²) in [5.41, 5.74) is 2.33. The van der Waals surface area contributed by atoms with E-state index in [-0.39, 0.29) is 11.4 Å². The summed E-state index contributed by atoms with van der Waals surface area (Å²) in [7, 11) is 2.97. The number of nitro benzene ring substituents is 1. The van der Waals surface area contributed by atoms with E-state index in [0.717, 1.165) is 17.0 Å². The second-order valence-corrected chi connectivity index (χ2v) is 6.48. The van der Waals surface area contributed by atoms with E-state index in [2.05, 4.69) is 11.1 Å². The van der Waals surface area contributed by atoms with Crippen molar-refractivity contribution in [2.24, 2.45) is 0 Å². The Kier molecular flexibility index (Phi) is 5.67. The summed E-state index contributed by atoms with van der Waals surface area (Å²) in [4.78, 5) is 15.2. The molecule has 0 aliphatic rings. The van der Waals surface area contributed by atoms with Crippen LogP contribution in [0.25, 0.3) is 22.9 Å². The van der Waals surface area contributed by atoms with Crippen molar-refractivity contribution >= 4 is 28.7 Å². The quantitative estimate of drug-likeness (QED) is 0.339. The van der Waals surface area contributed by atoms with Gasteiger partial charge in [-0.05, 0) is 42.0 Å². The first-order chi connectivity index (χ1) is 13.5. The standard InChI is InChI=1S/C20H15N3O4S/c1-26-16-6-4-14(5-7-16)17-12-28-20(22-17)15(11-21)9-13-3-8-19(27-2)18(10-13)23(24)25/h3-10,12H,1-2H3/b15-9-. The first-order valence-corrected chi connectivity index (χ1v) is 8.98. The van der Waals surface area contributed by atoms with Gasteiger partial charge in [0.25, 0.3) is 0 Å². The van der Waals surface area contributed by atoms with E-state index < -0.39 is 4.92 Å². The number of aromatic nitrogens is 1. The Bertz CT molecular complexity index is 1080. The number of ether oxygens (including phenoxy) is 2. The molecule has 0 aliphatic carbocycles. The van der Waals surface area contributed by atoms with Crippen molar-refractivity contribution < 1.29 is 14.4 Å². The van der Waals surface area contributed by atoms with Gasteiger partial charge in [-0.3, -0.25) is 10.1 Å². The van der Waals surface area contributed by atoms with E-state index in [1.54, 1.807) is 19.3 Å². The van der Waals surface area contributed by atoms with E-state index in [1.807, 2.05) is 29.6 Å². The third-order valence-electron chi connectivity index (χ3n) is 3.95. The molecule has 0 saturated carbocycles. The minimum absolute atomic E-state index is 0.161. The minimum atomic E-state index is -0.520. The van der Waals surface area contributed by atoms with Gasteiger partial charge in [-0.2, -0.15) is 5.26 Å². The molecule has 8 heteroatoms. The summed E-state index contributed by atoms with van der Waals surface area (Å²) < 4.78 is 10.1. The molecule has 0 spiro atoms. The fraction of sp³-hybridized carbons (Fsp3) is 0.100. The van der Waals surface area contributed by atoms with Crippen molar-refractivity contribution in [3.63, 3.8) is 0 Å². The fourth-order valence-electron chi connectivity index (χ4n) is 2.54. The van der Waals surface area contributed by atoms with Gasteiger partial charge in [0.15, 0.2) is 5.75 Å². The number of thiazole rings is 1. The monoisotopic (exact) mass is 393 g/mol. The van der Waals surface area contributed by atoms with Crippen LogP contribution in [-0.4, -0.2) is 24.1 Å². The van der Waals surface area contributed by atoms with E-state index in [4.69, 9.17) is 9.47 Å². The van der Waals surface area contributed by atoms with Crippen LogP contribution in [0.5, 0.6) is 11.5 Å². The second kappa shape index (κ2) is 8.33. The number of rotatable bonds is 6. The third-order valence-corrected chi connectivity index (χ3v) is 4.83. The summed E-state index contributed by atoms with van der Waals surface area (Å²) in [6.07, 6.45) is 1.57. The predicted octanol–water partition coefficient (Wildman–Crippen LogP) is 4.80. The van der Waals surface area contributed by atoms with Crippen LogP contribution in [0.15, 0.2) is 47.8 Å². The maximum absolute atomic E-state index is 11.2. The fourth-order valence-corrected chi connectivity index (χ4v) is 3.33. The van der Waals surface area contributed by atoms with Crippen LogP contribution in [0.4, 0.5) is 5.69 Å². The molecule has 2 aromatic carbocycles. The lowest BCUT2D eigenvalue weighted by Crippen LogP contribution is -1.94. The molecule has 0 amide bonds. The third kappa shape index (κ3) is 4.00. The highest BCUT2D eigenvalue weighted by Crippen LogP contribution is 2.31. The van der Waals surface area contributed by atoms with Crippen LogP contribution < -0.4 is 9.47 Å². The normalized spacial score (nSPS) is 11.0. The second-order valence-electron chi connectivity index (χ2n) is 5.62. The molecule has 1 aromatic heterocycles. The molecule has 0 saturated heterocycles. The molecule has 28 heavy (non-hydrogen) atoms. The molecule has 3 aromatic rings. The van der Waals surface area contributed by atoms with Gasteiger partial charge in [-0.15, -0.1) is 11.3 Å². The molecule has 0 radical (unpaired) electrons. The molecule has 0 unspecified atom stereocenters. The summed E-state index contributed by atoms with van der Waals surface area (Å²) in [5, 5.41) is 23.1. The number of hydrogen-bond acceptors (Lipinski definition) is 7. The molecule has 0 atom stereocenters. The van der Waals surface area contributed by atoms with Crippen LogP contribution in [0.3, 0.4) is 0 Å². The molecule has 0 fully saturated rings. The molecule has 140 valence electrons. The maximum atomic E-state index is 11.2. The number of methoxy groups -OCH3 is 2. The van der Waals surface area contributed by atoms with Crippen molar-refractivity contribution in [3.8, 4) is 28.8 Å². The Morgan fingerprint density at radius 3 is 2.57 bits per heavy atom. The van der Waals surface area contributed by atoms with Crippen LogP contribution in [0.1, 0.15) is 10.6 Å². The summed E-state index contributed by atoms with van der Waals surface area (Å²) in [5.74, 6) is 0.912. The number of allylic oxidation sites excluding steroid dienone is 1. The van der Waals surface area contributed by atoms with Crippen molar-refractivity contribution in [2.45, 2.75) is 0 Å². The first-order valence-electron chi connectivity index (χ1n) is 8.10. The van der Waals surface area contributed by atoms with Gasteiger partial charge in [0.2, 0.25) is 0 Å². The van der Waals surface area contributed by atoms with Crippen molar-refractivity contribution in [1.29, 1.82) is 5.26 Å². The lowest BCUT2D eigenvalue weighted by molar-refractivity contribution is -0.385. The Morgan fingerprint density at radius 2 is 1.96 bits per heavy atom. The lowest BCUT2D eigenvalue weighted by atomic mass is 10.1. The van der Waals surface area contributed by atoms with Gasteiger partial charge in [0, 0.05) is 17.0 Å². The summed E-state index contributed by atoms with van der Waals surface area (Å²) in [6, 6.07) is 14.1. The zero-order valence-electron chi connectivity index (χ0n) is 15.1. The van der Waals surface area contributed by atoms with Crippen LogP contribution in [-0.2, 0) is 0 Å². The molecular weight excluding hydrogens is 378 g/mol. The number of nitro groups is 1. The molecule has 0 N–H and O–H groups in total. The molecule has 0 bridgehead atoms. The SMILES string of the molecule is COc1ccc(-c2csc(/C(C#N)=C\c3ccc(OC)c([N+](=O)[O-])c3)n2)cc1. The first kappa shape index (κ1) is 19.1. The van der Waals surface area contributed by atoms with E-state index >= 15 is 0 Å². The number of nitriles is 1. The number of benzene rings is 2. The Morgan fingerprint density at radius 1 is 1.21 bits per heavy atom. The highest BCUT2D eigenvalue weighted by Gasteiger charge is 2.15. The van der Waals surface area contributed by atoms with Gasteiger partial charge in [0.1, 0.15) is 16.8 Å². The molecule has 1 heterocycles. The Hall–Kier alpha value is -3.70. The van der Waals surface area contributed by atoms with Gasteiger partial charge in [-0.1, -0.05) is 6.07 Å². The summed E-state index contributed by atoms with van der Waals surface area (Å²) >= 11 is 1.33. The molecule has 3 rings (SSSR count). The average molecular weight is 393 g/mol. The molecule has 0 aliphatic heterocycles. The zero-order chi connectivity index (χ0) is 20.1. The van der Waals surface area contributed by atoms with Gasteiger partial charge in [-0.25, -0.2) is 4.98 Å². The topological polar surface area (TPSA) is 98.3 Å². The Labute approximate surface area is 165 Å². The van der Waals surface area contributed by atoms with Crippen LogP contribution in [0.2, 0.25) is 0 Å². The average Bonchev–Trinajstić information content (AvgIpc) is 3.21. The largest absolute Gasteiger partial charge is 0.497 e. The minimum Gasteiger partial charge on any atom is -0.497 e.